The van der Waals surface area contributed by atoms with Gasteiger partial charge in [0.1, 0.15) is 11.3 Å². The van der Waals surface area contributed by atoms with Crippen LogP contribution in [0.25, 0.3) is 11.0 Å². The number of rotatable bonds is 4. The summed E-state index contributed by atoms with van der Waals surface area (Å²) >= 11 is 0. The van der Waals surface area contributed by atoms with Crippen molar-refractivity contribution in [3.05, 3.63) is 41.7 Å². The average Bonchev–Trinajstić information content (AvgIpc) is 3.22. The fourth-order valence-electron chi connectivity index (χ4n) is 3.06. The molecule has 126 valence electrons. The van der Waals surface area contributed by atoms with Crippen molar-refractivity contribution in [2.75, 3.05) is 33.8 Å². The molecule has 0 amide bonds. The molecule has 3 heterocycles. The first-order chi connectivity index (χ1) is 11.7. The number of nitrogens with one attached hydrogen (secondary N) is 1. The molecule has 7 heteroatoms. The summed E-state index contributed by atoms with van der Waals surface area (Å²) in [7, 11) is 3.72. The second-order valence-electron chi connectivity index (χ2n) is 6.05. The van der Waals surface area contributed by atoms with Gasteiger partial charge >= 0.3 is 0 Å². The largest absolute Gasteiger partial charge is 0.497 e. The second-order valence-corrected chi connectivity index (χ2v) is 6.05. The normalized spacial score (nSPS) is 19.0. The number of nitrogens with zero attached hydrogens (tertiary/aromatic N) is 3. The van der Waals surface area contributed by atoms with Crippen molar-refractivity contribution in [1.29, 1.82) is 0 Å². The highest BCUT2D eigenvalue weighted by Crippen LogP contribution is 2.27. The summed E-state index contributed by atoms with van der Waals surface area (Å²) in [6.45, 7) is 2.80. The Labute approximate surface area is 139 Å². The van der Waals surface area contributed by atoms with Crippen LogP contribution in [-0.2, 0) is 6.42 Å². The predicted molar refractivity (Wildman–Crippen MR) is 88.1 cm³/mol. The monoisotopic (exact) mass is 328 g/mol. The molecule has 0 bridgehead atoms. The zero-order valence-corrected chi connectivity index (χ0v) is 13.8. The van der Waals surface area contributed by atoms with Crippen LogP contribution in [-0.4, -0.2) is 48.8 Å². The van der Waals surface area contributed by atoms with E-state index >= 15 is 0 Å². The Morgan fingerprint density at radius 3 is 3.17 bits per heavy atom. The van der Waals surface area contributed by atoms with E-state index in [4.69, 9.17) is 13.7 Å². The third kappa shape index (κ3) is 2.76. The molecule has 1 unspecified atom stereocenters. The number of benzene rings is 1. The van der Waals surface area contributed by atoms with Crippen molar-refractivity contribution in [3.63, 3.8) is 0 Å². The zero-order valence-electron chi connectivity index (χ0n) is 13.8. The summed E-state index contributed by atoms with van der Waals surface area (Å²) in [5.41, 5.74) is 1.82. The fraction of sp³-hybridized carbons (Fsp3) is 0.412. The summed E-state index contributed by atoms with van der Waals surface area (Å²) in [5, 5.41) is 8.56. The van der Waals surface area contributed by atoms with Gasteiger partial charge in [-0.25, -0.2) is 0 Å². The Hall–Kier alpha value is -2.38. The van der Waals surface area contributed by atoms with Crippen molar-refractivity contribution in [3.8, 4) is 5.75 Å². The van der Waals surface area contributed by atoms with Crippen LogP contribution in [0.3, 0.4) is 0 Å². The standard InChI is InChI=1S/C17H20N4O3/c1-21-6-5-18-9-14(21)17-19-16(24-20-17)7-11-10-23-15-8-12(22-2)3-4-13(11)15/h3-4,8,10,14,18H,5-7,9H2,1-2H3. The number of aromatic nitrogens is 2. The maximum Gasteiger partial charge on any atom is 0.231 e. The van der Waals surface area contributed by atoms with Gasteiger partial charge in [0.25, 0.3) is 0 Å². The Bertz CT molecular complexity index is 841. The molecule has 0 spiro atoms. The summed E-state index contributed by atoms with van der Waals surface area (Å²) in [4.78, 5) is 6.81. The lowest BCUT2D eigenvalue weighted by Crippen LogP contribution is -2.44. The first-order valence-corrected chi connectivity index (χ1v) is 8.02. The highest BCUT2D eigenvalue weighted by Gasteiger charge is 2.25. The van der Waals surface area contributed by atoms with Crippen LogP contribution in [0, 0.1) is 0 Å². The van der Waals surface area contributed by atoms with Crippen LogP contribution >= 0.6 is 0 Å². The molecule has 0 saturated carbocycles. The van der Waals surface area contributed by atoms with Crippen LogP contribution in [0.5, 0.6) is 5.75 Å². The smallest absolute Gasteiger partial charge is 0.231 e. The summed E-state index contributed by atoms with van der Waals surface area (Å²) in [6, 6.07) is 5.94. The molecular weight excluding hydrogens is 308 g/mol. The minimum Gasteiger partial charge on any atom is -0.497 e. The fourth-order valence-corrected chi connectivity index (χ4v) is 3.06. The number of methoxy groups -OCH3 is 1. The maximum absolute atomic E-state index is 5.62. The van der Waals surface area contributed by atoms with E-state index in [1.165, 1.54) is 0 Å². The van der Waals surface area contributed by atoms with Gasteiger partial charge in [0.05, 0.1) is 25.8 Å². The van der Waals surface area contributed by atoms with E-state index in [1.807, 2.05) is 18.2 Å². The van der Waals surface area contributed by atoms with Gasteiger partial charge in [-0.1, -0.05) is 5.16 Å². The molecule has 1 N–H and O–H groups in total. The average molecular weight is 328 g/mol. The van der Waals surface area contributed by atoms with E-state index in [0.717, 1.165) is 47.7 Å². The number of furan rings is 1. The molecule has 0 radical (unpaired) electrons. The maximum atomic E-state index is 5.62. The van der Waals surface area contributed by atoms with Gasteiger partial charge in [-0.3, -0.25) is 4.90 Å². The van der Waals surface area contributed by atoms with Gasteiger partial charge in [-0.05, 0) is 19.2 Å². The van der Waals surface area contributed by atoms with Crippen molar-refractivity contribution < 1.29 is 13.7 Å². The highest BCUT2D eigenvalue weighted by atomic mass is 16.5. The highest BCUT2D eigenvalue weighted by molar-refractivity contribution is 5.82. The quantitative estimate of drug-likeness (QED) is 0.785. The number of ether oxygens (including phenoxy) is 1. The number of likely N-dealkylation sites (N-methyl/N-ethyl adjacent to an activating group) is 1. The van der Waals surface area contributed by atoms with E-state index in [-0.39, 0.29) is 6.04 Å². The Kier molecular flexibility index (Phi) is 3.95. The molecule has 1 saturated heterocycles. The predicted octanol–water partition coefficient (Wildman–Crippen LogP) is 1.99. The van der Waals surface area contributed by atoms with Gasteiger partial charge in [0, 0.05) is 36.7 Å². The molecule has 2 aromatic heterocycles. The van der Waals surface area contributed by atoms with Gasteiger partial charge in [0.15, 0.2) is 5.82 Å². The van der Waals surface area contributed by atoms with Crippen LogP contribution in [0.1, 0.15) is 23.3 Å². The summed E-state index contributed by atoms with van der Waals surface area (Å²) in [6.07, 6.45) is 2.29. The molecule has 4 rings (SSSR count). The van der Waals surface area contributed by atoms with Crippen molar-refractivity contribution in [2.24, 2.45) is 0 Å². The van der Waals surface area contributed by atoms with E-state index in [1.54, 1.807) is 13.4 Å². The number of piperazine rings is 1. The Balaban J connectivity index is 1.55. The van der Waals surface area contributed by atoms with Crippen LogP contribution in [0.4, 0.5) is 0 Å². The molecule has 1 fully saturated rings. The molecule has 24 heavy (non-hydrogen) atoms. The van der Waals surface area contributed by atoms with Crippen LogP contribution < -0.4 is 10.1 Å². The van der Waals surface area contributed by atoms with Crippen LogP contribution in [0.2, 0.25) is 0 Å². The molecule has 0 aliphatic carbocycles. The van der Waals surface area contributed by atoms with E-state index < -0.39 is 0 Å². The molecule has 7 nitrogen and oxygen atoms in total. The first-order valence-electron chi connectivity index (χ1n) is 8.02. The number of fused-ring (bicyclic) bond motifs is 1. The minimum absolute atomic E-state index is 0.154. The molecule has 1 aliphatic rings. The lowest BCUT2D eigenvalue weighted by molar-refractivity contribution is 0.190. The van der Waals surface area contributed by atoms with Gasteiger partial charge < -0.3 is 19.0 Å². The van der Waals surface area contributed by atoms with Crippen molar-refractivity contribution >= 4 is 11.0 Å². The van der Waals surface area contributed by atoms with E-state index in [2.05, 4.69) is 27.4 Å². The lowest BCUT2D eigenvalue weighted by Gasteiger charge is -2.30. The lowest BCUT2D eigenvalue weighted by atomic mass is 10.1. The van der Waals surface area contributed by atoms with Gasteiger partial charge in [-0.2, -0.15) is 4.98 Å². The van der Waals surface area contributed by atoms with E-state index in [9.17, 15) is 0 Å². The minimum atomic E-state index is 0.154. The molecule has 1 atom stereocenters. The second kappa shape index (κ2) is 6.26. The first kappa shape index (κ1) is 15.2. The third-order valence-electron chi connectivity index (χ3n) is 4.50. The van der Waals surface area contributed by atoms with E-state index in [0.29, 0.717) is 12.3 Å². The molecular formula is C17H20N4O3. The number of hydrogen-bond acceptors (Lipinski definition) is 7. The van der Waals surface area contributed by atoms with Gasteiger partial charge in [-0.15, -0.1) is 0 Å². The van der Waals surface area contributed by atoms with Gasteiger partial charge in [0.2, 0.25) is 5.89 Å². The topological polar surface area (TPSA) is 76.6 Å². The summed E-state index contributed by atoms with van der Waals surface area (Å²) < 4.78 is 16.3. The molecule has 3 aromatic rings. The Morgan fingerprint density at radius 1 is 1.42 bits per heavy atom. The summed E-state index contributed by atoms with van der Waals surface area (Å²) in [5.74, 6) is 2.10. The Morgan fingerprint density at radius 2 is 2.33 bits per heavy atom. The zero-order chi connectivity index (χ0) is 16.5. The van der Waals surface area contributed by atoms with Crippen molar-refractivity contribution in [2.45, 2.75) is 12.5 Å². The van der Waals surface area contributed by atoms with Crippen molar-refractivity contribution in [1.82, 2.24) is 20.4 Å². The number of hydrogen-bond donors (Lipinski definition) is 1. The SMILES string of the molecule is COc1ccc2c(Cc3nc(C4CNCCN4C)no3)coc2c1. The third-order valence-corrected chi connectivity index (χ3v) is 4.50. The molecule has 1 aromatic carbocycles. The van der Waals surface area contributed by atoms with Crippen LogP contribution in [0.15, 0.2) is 33.4 Å². The molecule has 1 aliphatic heterocycles.